The predicted molar refractivity (Wildman–Crippen MR) is 122 cm³/mol. The quantitative estimate of drug-likeness (QED) is 0.338. The number of aromatic amines is 1. The van der Waals surface area contributed by atoms with Gasteiger partial charge in [0.25, 0.3) is 11.7 Å². The van der Waals surface area contributed by atoms with E-state index < -0.39 is 17.7 Å². The van der Waals surface area contributed by atoms with E-state index >= 15 is 0 Å². The highest BCUT2D eigenvalue weighted by Gasteiger charge is 2.46. The van der Waals surface area contributed by atoms with E-state index in [2.05, 4.69) is 15.2 Å². The van der Waals surface area contributed by atoms with E-state index in [-0.39, 0.29) is 24.0 Å². The Hall–Kier alpha value is -3.94. The van der Waals surface area contributed by atoms with Gasteiger partial charge in [-0.2, -0.15) is 5.10 Å². The number of ketones is 1. The molecule has 2 N–H and O–H groups in total. The van der Waals surface area contributed by atoms with Crippen molar-refractivity contribution in [3.05, 3.63) is 82.4 Å². The summed E-state index contributed by atoms with van der Waals surface area (Å²) in [5, 5.41) is 18.2. The third-order valence-corrected chi connectivity index (χ3v) is 5.55. The number of aliphatic hydroxyl groups is 1. The van der Waals surface area contributed by atoms with Crippen molar-refractivity contribution < 1.29 is 19.4 Å². The summed E-state index contributed by atoms with van der Waals surface area (Å²) in [6.07, 6.45) is 3.31. The molecule has 33 heavy (non-hydrogen) atoms. The lowest BCUT2D eigenvalue weighted by molar-refractivity contribution is -0.140. The van der Waals surface area contributed by atoms with E-state index in [1.807, 2.05) is 32.0 Å². The van der Waals surface area contributed by atoms with Crippen molar-refractivity contribution in [1.29, 1.82) is 0 Å². The Kier molecular flexibility index (Phi) is 6.00. The molecule has 0 spiro atoms. The summed E-state index contributed by atoms with van der Waals surface area (Å²) in [5.41, 5.74) is 3.09. The number of hydrogen-bond donors (Lipinski definition) is 2. The number of Topliss-reactive ketones (excluding diaryl/α,β-unsaturated/α-hetero) is 1. The fraction of sp³-hybridized carbons (Fsp3) is 0.280. The van der Waals surface area contributed by atoms with Gasteiger partial charge in [-0.25, -0.2) is 0 Å². The molecule has 0 aliphatic carbocycles. The molecule has 0 radical (unpaired) electrons. The molecule has 1 saturated heterocycles. The molecule has 0 bridgehead atoms. The molecule has 2 aromatic heterocycles. The van der Waals surface area contributed by atoms with E-state index in [0.717, 1.165) is 5.56 Å². The number of pyridine rings is 1. The van der Waals surface area contributed by atoms with Gasteiger partial charge in [-0.15, -0.1) is 0 Å². The number of carbonyl (C=O) groups is 2. The van der Waals surface area contributed by atoms with Gasteiger partial charge in [-0.3, -0.25) is 19.7 Å². The Labute approximate surface area is 191 Å². The first-order valence-corrected chi connectivity index (χ1v) is 10.7. The SMILES string of the molecule is Cc1n[nH]c(C)c1/C(O)=C1\C(=O)C(=O)N(Cc2cccnc2)[C@H]1c1ccc(OC(C)C)cc1. The molecule has 4 rings (SSSR count). The van der Waals surface area contributed by atoms with Crippen molar-refractivity contribution in [2.24, 2.45) is 0 Å². The summed E-state index contributed by atoms with van der Waals surface area (Å²) < 4.78 is 5.73. The number of H-pyrrole nitrogens is 1. The zero-order valence-corrected chi connectivity index (χ0v) is 19.0. The van der Waals surface area contributed by atoms with Crippen LogP contribution in [0, 0.1) is 13.8 Å². The minimum atomic E-state index is -0.771. The van der Waals surface area contributed by atoms with Crippen molar-refractivity contribution in [1.82, 2.24) is 20.1 Å². The molecule has 8 nitrogen and oxygen atoms in total. The molecule has 3 aromatic rings. The molecule has 0 saturated carbocycles. The number of ether oxygens (including phenoxy) is 1. The molecule has 1 amide bonds. The number of hydrogen-bond acceptors (Lipinski definition) is 6. The Morgan fingerprint density at radius 2 is 1.91 bits per heavy atom. The molecule has 1 aromatic carbocycles. The number of aromatic nitrogens is 3. The summed E-state index contributed by atoms with van der Waals surface area (Å²) in [4.78, 5) is 31.9. The van der Waals surface area contributed by atoms with Gasteiger partial charge in [0.05, 0.1) is 29.0 Å². The van der Waals surface area contributed by atoms with Gasteiger partial charge in [-0.05, 0) is 57.0 Å². The Bertz CT molecular complexity index is 1190. The number of aryl methyl sites for hydroxylation is 2. The molecule has 3 heterocycles. The first-order valence-electron chi connectivity index (χ1n) is 10.7. The summed E-state index contributed by atoms with van der Waals surface area (Å²) in [6.45, 7) is 7.54. The third kappa shape index (κ3) is 4.24. The molecule has 1 aliphatic heterocycles. The van der Waals surface area contributed by atoms with Crippen LogP contribution in [0.4, 0.5) is 0 Å². The summed E-state index contributed by atoms with van der Waals surface area (Å²) in [5.74, 6) is -0.964. The van der Waals surface area contributed by atoms with E-state index in [4.69, 9.17) is 4.74 Å². The number of aliphatic hydroxyl groups excluding tert-OH is 1. The zero-order chi connectivity index (χ0) is 23.7. The summed E-state index contributed by atoms with van der Waals surface area (Å²) >= 11 is 0. The Balaban J connectivity index is 1.85. The number of nitrogens with zero attached hydrogens (tertiary/aromatic N) is 3. The van der Waals surface area contributed by atoms with Crippen LogP contribution in [0.5, 0.6) is 5.75 Å². The van der Waals surface area contributed by atoms with Gasteiger partial charge in [0.2, 0.25) is 0 Å². The minimum Gasteiger partial charge on any atom is -0.507 e. The van der Waals surface area contributed by atoms with E-state index in [1.54, 1.807) is 44.4 Å². The van der Waals surface area contributed by atoms with Crippen molar-refractivity contribution in [3.63, 3.8) is 0 Å². The molecular weight excluding hydrogens is 420 g/mol. The van der Waals surface area contributed by atoms with Gasteiger partial charge in [-0.1, -0.05) is 18.2 Å². The van der Waals surface area contributed by atoms with Gasteiger partial charge in [0.15, 0.2) is 0 Å². The van der Waals surface area contributed by atoms with E-state index in [9.17, 15) is 14.7 Å². The van der Waals surface area contributed by atoms with Gasteiger partial charge in [0, 0.05) is 24.6 Å². The van der Waals surface area contributed by atoms with Gasteiger partial charge >= 0.3 is 0 Å². The number of benzene rings is 1. The molecule has 170 valence electrons. The number of rotatable bonds is 6. The Morgan fingerprint density at radius 1 is 1.18 bits per heavy atom. The number of carbonyl (C=O) groups excluding carboxylic acids is 2. The lowest BCUT2D eigenvalue weighted by Crippen LogP contribution is -2.29. The number of nitrogens with one attached hydrogen (secondary N) is 1. The summed E-state index contributed by atoms with van der Waals surface area (Å²) in [7, 11) is 0. The minimum absolute atomic E-state index is 0.0131. The maximum absolute atomic E-state index is 13.2. The highest BCUT2D eigenvalue weighted by atomic mass is 16.5. The topological polar surface area (TPSA) is 108 Å². The number of likely N-dealkylation sites (tertiary alicyclic amines) is 1. The number of amides is 1. The van der Waals surface area contributed by atoms with E-state index in [1.165, 1.54) is 4.90 Å². The fourth-order valence-electron chi connectivity index (χ4n) is 4.11. The van der Waals surface area contributed by atoms with Crippen molar-refractivity contribution in [2.75, 3.05) is 0 Å². The van der Waals surface area contributed by atoms with Crippen LogP contribution in [0.15, 0.2) is 54.4 Å². The van der Waals surface area contributed by atoms with Crippen LogP contribution in [0.25, 0.3) is 5.76 Å². The van der Waals surface area contributed by atoms with Gasteiger partial charge < -0.3 is 14.7 Å². The lowest BCUT2D eigenvalue weighted by atomic mass is 9.94. The van der Waals surface area contributed by atoms with Gasteiger partial charge in [0.1, 0.15) is 11.5 Å². The molecule has 8 heteroatoms. The second-order valence-corrected chi connectivity index (χ2v) is 8.33. The first-order chi connectivity index (χ1) is 15.8. The molecule has 0 unspecified atom stereocenters. The van der Waals surface area contributed by atoms with Crippen LogP contribution in [0.3, 0.4) is 0 Å². The lowest BCUT2D eigenvalue weighted by Gasteiger charge is -2.25. The van der Waals surface area contributed by atoms with Crippen molar-refractivity contribution in [2.45, 2.75) is 46.4 Å². The molecule has 1 atom stereocenters. The van der Waals surface area contributed by atoms with Crippen LogP contribution in [0.2, 0.25) is 0 Å². The predicted octanol–water partition coefficient (Wildman–Crippen LogP) is 3.83. The average Bonchev–Trinajstić information content (AvgIpc) is 3.25. The maximum Gasteiger partial charge on any atom is 0.295 e. The first kappa shape index (κ1) is 22.3. The van der Waals surface area contributed by atoms with Crippen LogP contribution >= 0.6 is 0 Å². The van der Waals surface area contributed by atoms with Crippen LogP contribution in [-0.2, 0) is 16.1 Å². The Morgan fingerprint density at radius 3 is 2.48 bits per heavy atom. The fourth-order valence-corrected chi connectivity index (χ4v) is 4.11. The molecule has 1 fully saturated rings. The molecule has 1 aliphatic rings. The normalized spacial score (nSPS) is 17.7. The highest BCUT2D eigenvalue weighted by molar-refractivity contribution is 6.46. The van der Waals surface area contributed by atoms with Crippen LogP contribution in [-0.4, -0.2) is 43.0 Å². The van der Waals surface area contributed by atoms with E-state index in [0.29, 0.717) is 28.3 Å². The second-order valence-electron chi connectivity index (χ2n) is 8.33. The standard InChI is InChI=1S/C25H26N4O4/c1-14(2)33-19-9-7-18(8-10-19)22-21(23(30)20-15(3)27-28-16(20)4)24(31)25(32)29(22)13-17-6-5-11-26-12-17/h5-12,14,22,30H,13H2,1-4H3,(H,27,28)/b23-21+/t22-/m0/s1. The third-order valence-electron chi connectivity index (χ3n) is 5.55. The smallest absolute Gasteiger partial charge is 0.295 e. The van der Waals surface area contributed by atoms with Crippen molar-refractivity contribution >= 4 is 17.4 Å². The average molecular weight is 447 g/mol. The zero-order valence-electron chi connectivity index (χ0n) is 19.0. The summed E-state index contributed by atoms with van der Waals surface area (Å²) in [6, 6.07) is 10.1. The maximum atomic E-state index is 13.2. The second kappa shape index (κ2) is 8.90. The van der Waals surface area contributed by atoms with Crippen LogP contribution in [0.1, 0.15) is 48.0 Å². The van der Waals surface area contributed by atoms with Crippen molar-refractivity contribution in [3.8, 4) is 5.75 Å². The highest BCUT2D eigenvalue weighted by Crippen LogP contribution is 2.41. The molecular formula is C25H26N4O4. The monoisotopic (exact) mass is 446 g/mol. The van der Waals surface area contributed by atoms with Crippen LogP contribution < -0.4 is 4.74 Å². The largest absolute Gasteiger partial charge is 0.507 e.